The summed E-state index contributed by atoms with van der Waals surface area (Å²) in [7, 11) is 0. The molecular formula is C26H22F2O. The lowest BCUT2D eigenvalue weighted by Crippen LogP contribution is -2.30. The maximum Gasteiger partial charge on any atom is 0.423 e. The number of ether oxygens (including phenoxy) is 1. The van der Waals surface area contributed by atoms with E-state index in [2.05, 4.69) is 0 Å². The van der Waals surface area contributed by atoms with Crippen molar-refractivity contribution >= 4 is 5.76 Å². The lowest BCUT2D eigenvalue weighted by molar-refractivity contribution is -0.168. The zero-order chi connectivity index (χ0) is 20.1. The van der Waals surface area contributed by atoms with Crippen molar-refractivity contribution in [2.75, 3.05) is 0 Å². The Morgan fingerprint density at radius 1 is 0.793 bits per heavy atom. The summed E-state index contributed by atoms with van der Waals surface area (Å²) in [5.41, 5.74) is 2.60. The highest BCUT2D eigenvalue weighted by Crippen LogP contribution is 2.46. The van der Waals surface area contributed by atoms with Crippen LogP contribution in [0.3, 0.4) is 0 Å². The van der Waals surface area contributed by atoms with Crippen LogP contribution < -0.4 is 0 Å². The Bertz CT molecular complexity index is 993. The molecule has 146 valence electrons. The lowest BCUT2D eigenvalue weighted by Gasteiger charge is -2.32. The molecule has 4 rings (SSSR count). The maximum atomic E-state index is 15.1. The molecule has 0 aliphatic carbocycles. The van der Waals surface area contributed by atoms with Crippen LogP contribution in [0.25, 0.3) is 5.76 Å². The van der Waals surface area contributed by atoms with Crippen molar-refractivity contribution in [1.82, 2.24) is 0 Å². The first-order valence-corrected chi connectivity index (χ1v) is 9.77. The Hall–Kier alpha value is -3.20. The van der Waals surface area contributed by atoms with Crippen LogP contribution in [0.4, 0.5) is 8.78 Å². The Labute approximate surface area is 170 Å². The van der Waals surface area contributed by atoms with Crippen LogP contribution in [0.2, 0.25) is 0 Å². The first-order chi connectivity index (χ1) is 14.1. The van der Waals surface area contributed by atoms with Gasteiger partial charge in [-0.25, -0.2) is 0 Å². The van der Waals surface area contributed by atoms with Gasteiger partial charge < -0.3 is 4.74 Å². The van der Waals surface area contributed by atoms with Gasteiger partial charge in [0.15, 0.2) is 0 Å². The van der Waals surface area contributed by atoms with Crippen LogP contribution in [0.15, 0.2) is 109 Å². The summed E-state index contributed by atoms with van der Waals surface area (Å²) in [5, 5.41) is 0. The summed E-state index contributed by atoms with van der Waals surface area (Å²) < 4.78 is 35.5. The third kappa shape index (κ3) is 4.45. The molecule has 3 heteroatoms. The number of benzene rings is 3. The van der Waals surface area contributed by atoms with E-state index in [4.69, 9.17) is 4.74 Å². The summed E-state index contributed by atoms with van der Waals surface area (Å²) in [6.07, 6.45) is 1.31. The number of allylic oxidation sites excluding steroid dienone is 2. The second kappa shape index (κ2) is 8.44. The SMILES string of the molecule is FC1(F)OC(c2ccccc2)=CC(c2ccccc2)/C1=C\CCc1ccccc1. The summed E-state index contributed by atoms with van der Waals surface area (Å²) >= 11 is 0. The Kier molecular flexibility index (Phi) is 5.57. The average molecular weight is 388 g/mol. The molecule has 0 bridgehead atoms. The molecule has 1 atom stereocenters. The van der Waals surface area contributed by atoms with Crippen LogP contribution in [0.1, 0.15) is 29.0 Å². The molecule has 3 aromatic carbocycles. The van der Waals surface area contributed by atoms with Gasteiger partial charge in [-0.1, -0.05) is 97.1 Å². The highest BCUT2D eigenvalue weighted by molar-refractivity contribution is 5.64. The Morgan fingerprint density at radius 3 is 2.03 bits per heavy atom. The predicted molar refractivity (Wildman–Crippen MR) is 112 cm³/mol. The van der Waals surface area contributed by atoms with Crippen molar-refractivity contribution in [2.24, 2.45) is 0 Å². The normalized spacial score (nSPS) is 19.4. The second-order valence-electron chi connectivity index (χ2n) is 7.09. The number of rotatable bonds is 5. The van der Waals surface area contributed by atoms with Crippen LogP contribution in [0, 0.1) is 0 Å². The van der Waals surface area contributed by atoms with E-state index in [1.54, 1.807) is 24.3 Å². The Morgan fingerprint density at radius 2 is 1.38 bits per heavy atom. The van der Waals surface area contributed by atoms with Gasteiger partial charge in [0, 0.05) is 17.1 Å². The monoisotopic (exact) mass is 388 g/mol. The van der Waals surface area contributed by atoms with Gasteiger partial charge in [0.1, 0.15) is 5.76 Å². The van der Waals surface area contributed by atoms with E-state index >= 15 is 8.78 Å². The van der Waals surface area contributed by atoms with Crippen molar-refractivity contribution < 1.29 is 13.5 Å². The molecule has 1 aliphatic heterocycles. The van der Waals surface area contributed by atoms with E-state index in [1.165, 1.54) is 0 Å². The molecule has 0 amide bonds. The summed E-state index contributed by atoms with van der Waals surface area (Å²) in [6.45, 7) is 0. The van der Waals surface area contributed by atoms with Crippen molar-refractivity contribution in [1.29, 1.82) is 0 Å². The molecule has 0 spiro atoms. The first-order valence-electron chi connectivity index (χ1n) is 9.77. The maximum absolute atomic E-state index is 15.1. The molecule has 3 aromatic rings. The van der Waals surface area contributed by atoms with Crippen LogP contribution in [-0.2, 0) is 11.2 Å². The molecule has 0 saturated carbocycles. The minimum atomic E-state index is -3.36. The fourth-order valence-corrected chi connectivity index (χ4v) is 3.63. The second-order valence-corrected chi connectivity index (χ2v) is 7.09. The fraction of sp³-hybridized carbons (Fsp3) is 0.154. The van der Waals surface area contributed by atoms with Crippen molar-refractivity contribution in [2.45, 2.75) is 24.9 Å². The third-order valence-electron chi connectivity index (χ3n) is 5.08. The van der Waals surface area contributed by atoms with Gasteiger partial charge >= 0.3 is 6.11 Å². The average Bonchev–Trinajstić information content (AvgIpc) is 2.76. The van der Waals surface area contributed by atoms with Gasteiger partial charge in [0.25, 0.3) is 0 Å². The van der Waals surface area contributed by atoms with E-state index in [1.807, 2.05) is 78.9 Å². The molecule has 1 nitrogen and oxygen atoms in total. The lowest BCUT2D eigenvalue weighted by atomic mass is 9.86. The van der Waals surface area contributed by atoms with Crippen molar-refractivity contribution in [3.05, 3.63) is 125 Å². The van der Waals surface area contributed by atoms with Crippen molar-refractivity contribution in [3.8, 4) is 0 Å². The highest BCUT2D eigenvalue weighted by Gasteiger charge is 2.45. The Balaban J connectivity index is 1.70. The smallest absolute Gasteiger partial charge is 0.423 e. The molecule has 0 aromatic heterocycles. The van der Waals surface area contributed by atoms with Crippen LogP contribution in [-0.4, -0.2) is 6.11 Å². The van der Waals surface area contributed by atoms with E-state index in [-0.39, 0.29) is 11.3 Å². The van der Waals surface area contributed by atoms with Crippen LogP contribution >= 0.6 is 0 Å². The quantitative estimate of drug-likeness (QED) is 0.428. The number of alkyl halides is 2. The number of aryl methyl sites for hydroxylation is 1. The third-order valence-corrected chi connectivity index (χ3v) is 5.08. The minimum absolute atomic E-state index is 0.000637. The largest absolute Gasteiger partial charge is 0.429 e. The summed E-state index contributed by atoms with van der Waals surface area (Å²) in [4.78, 5) is 0. The number of hydrogen-bond donors (Lipinski definition) is 0. The van der Waals surface area contributed by atoms with Crippen molar-refractivity contribution in [3.63, 3.8) is 0 Å². The van der Waals surface area contributed by atoms with Gasteiger partial charge in [0.2, 0.25) is 0 Å². The van der Waals surface area contributed by atoms with Gasteiger partial charge in [0.05, 0.1) is 0 Å². The molecule has 1 aliphatic rings. The topological polar surface area (TPSA) is 9.23 Å². The molecule has 29 heavy (non-hydrogen) atoms. The van der Waals surface area contributed by atoms with Gasteiger partial charge in [-0.2, -0.15) is 8.78 Å². The molecule has 1 unspecified atom stereocenters. The molecule has 0 radical (unpaired) electrons. The fourth-order valence-electron chi connectivity index (χ4n) is 3.63. The predicted octanol–water partition coefficient (Wildman–Crippen LogP) is 6.99. The van der Waals surface area contributed by atoms with Crippen LogP contribution in [0.5, 0.6) is 0 Å². The van der Waals surface area contributed by atoms with Gasteiger partial charge in [-0.05, 0) is 30.0 Å². The molecule has 1 heterocycles. The number of halogens is 2. The van der Waals surface area contributed by atoms with E-state index in [0.717, 1.165) is 11.1 Å². The molecular weight excluding hydrogens is 366 g/mol. The zero-order valence-electron chi connectivity index (χ0n) is 16.0. The standard InChI is InChI=1S/C26H22F2O/c27-26(28)24(18-10-13-20-11-4-1-5-12-20)23(21-14-6-2-7-15-21)19-25(29-26)22-16-8-3-9-17-22/h1-9,11-12,14-19,23H,10,13H2/b24-18+. The first kappa shape index (κ1) is 19.1. The van der Waals surface area contributed by atoms with Gasteiger partial charge in [-0.15, -0.1) is 0 Å². The summed E-state index contributed by atoms with van der Waals surface area (Å²) in [5.74, 6) is -0.324. The molecule has 0 N–H and O–H groups in total. The summed E-state index contributed by atoms with van der Waals surface area (Å²) in [6, 6.07) is 28.4. The van der Waals surface area contributed by atoms with E-state index < -0.39 is 12.0 Å². The molecule has 0 fully saturated rings. The van der Waals surface area contributed by atoms with Gasteiger partial charge in [-0.3, -0.25) is 0 Å². The molecule has 0 saturated heterocycles. The van der Waals surface area contributed by atoms with E-state index in [9.17, 15) is 0 Å². The minimum Gasteiger partial charge on any atom is -0.429 e. The zero-order valence-corrected chi connectivity index (χ0v) is 16.0. The highest BCUT2D eigenvalue weighted by atomic mass is 19.3. The van der Waals surface area contributed by atoms with E-state index in [0.29, 0.717) is 18.4 Å². The number of hydrogen-bond acceptors (Lipinski definition) is 1.